The average Bonchev–Trinajstić information content (AvgIpc) is 2.83. The number of hydrogen-bond acceptors (Lipinski definition) is 4. The molecule has 0 spiro atoms. The van der Waals surface area contributed by atoms with Crippen LogP contribution in [0.2, 0.25) is 0 Å². The first-order chi connectivity index (χ1) is 16.8. The summed E-state index contributed by atoms with van der Waals surface area (Å²) in [7, 11) is 1.64. The van der Waals surface area contributed by atoms with E-state index in [1.165, 1.54) is 55.2 Å². The van der Waals surface area contributed by atoms with Gasteiger partial charge in [0.2, 0.25) is 5.91 Å². The van der Waals surface area contributed by atoms with E-state index in [0.717, 1.165) is 29.1 Å². The SMILES string of the molecule is COC(C)OCOc1ccc(/C(C)=C/c2ccc(C(N)=O)cc2)cc1C12CC3CC(CC(C3)C1)C2. The molecular formula is C30H37NO4. The number of hydrogen-bond donors (Lipinski definition) is 1. The molecule has 0 heterocycles. The molecule has 4 fully saturated rings. The lowest BCUT2D eigenvalue weighted by Crippen LogP contribution is -2.48. The Hall–Kier alpha value is -2.63. The number of ether oxygens (including phenoxy) is 3. The van der Waals surface area contributed by atoms with Gasteiger partial charge in [0.25, 0.3) is 0 Å². The fraction of sp³-hybridized carbons (Fsp3) is 0.500. The van der Waals surface area contributed by atoms with Crippen molar-refractivity contribution in [2.24, 2.45) is 23.5 Å². The summed E-state index contributed by atoms with van der Waals surface area (Å²) < 4.78 is 17.1. The third-order valence-corrected chi connectivity index (χ3v) is 8.47. The maximum atomic E-state index is 11.4. The van der Waals surface area contributed by atoms with Gasteiger partial charge in [-0.1, -0.05) is 24.3 Å². The van der Waals surface area contributed by atoms with Gasteiger partial charge in [-0.25, -0.2) is 0 Å². The van der Waals surface area contributed by atoms with Gasteiger partial charge in [0.05, 0.1) is 0 Å². The Kier molecular flexibility index (Phi) is 6.73. The van der Waals surface area contributed by atoms with Crippen molar-refractivity contribution in [1.29, 1.82) is 0 Å². The molecule has 2 N–H and O–H groups in total. The van der Waals surface area contributed by atoms with Crippen LogP contribution in [0, 0.1) is 17.8 Å². The number of amides is 1. The number of allylic oxidation sites excluding steroid dienone is 1. The van der Waals surface area contributed by atoms with E-state index in [0.29, 0.717) is 5.56 Å². The predicted octanol–water partition coefficient (Wildman–Crippen LogP) is 6.16. The number of rotatable bonds is 9. The number of primary amides is 1. The van der Waals surface area contributed by atoms with Crippen LogP contribution in [0.25, 0.3) is 11.6 Å². The van der Waals surface area contributed by atoms with Crippen LogP contribution in [-0.2, 0) is 14.9 Å². The molecule has 1 unspecified atom stereocenters. The van der Waals surface area contributed by atoms with Crippen LogP contribution in [0.3, 0.4) is 0 Å². The lowest BCUT2D eigenvalue weighted by Gasteiger charge is -2.57. The van der Waals surface area contributed by atoms with E-state index in [1.54, 1.807) is 19.2 Å². The van der Waals surface area contributed by atoms with Gasteiger partial charge in [-0.2, -0.15) is 0 Å². The molecule has 2 aromatic rings. The zero-order valence-electron chi connectivity index (χ0n) is 21.1. The van der Waals surface area contributed by atoms with Gasteiger partial charge in [0, 0.05) is 18.2 Å². The minimum absolute atomic E-state index is 0.175. The first-order valence-corrected chi connectivity index (χ1v) is 12.9. The Morgan fingerprint density at radius 1 is 1.03 bits per heavy atom. The minimum Gasteiger partial charge on any atom is -0.467 e. The molecule has 186 valence electrons. The molecule has 0 aromatic heterocycles. The van der Waals surface area contributed by atoms with Crippen molar-refractivity contribution in [2.45, 2.75) is 64.1 Å². The highest BCUT2D eigenvalue weighted by molar-refractivity contribution is 5.93. The summed E-state index contributed by atoms with van der Waals surface area (Å²) in [5.41, 5.74) is 10.9. The van der Waals surface area contributed by atoms with E-state index in [4.69, 9.17) is 19.9 Å². The van der Waals surface area contributed by atoms with Crippen LogP contribution in [-0.4, -0.2) is 26.1 Å². The van der Waals surface area contributed by atoms with E-state index >= 15 is 0 Å². The molecule has 5 nitrogen and oxygen atoms in total. The normalized spacial score (nSPS) is 28.2. The van der Waals surface area contributed by atoms with Gasteiger partial charge >= 0.3 is 0 Å². The molecule has 5 heteroatoms. The molecule has 0 radical (unpaired) electrons. The topological polar surface area (TPSA) is 70.8 Å². The van der Waals surface area contributed by atoms with Crippen LogP contribution in [0.1, 0.15) is 79.4 Å². The van der Waals surface area contributed by atoms with E-state index < -0.39 is 5.91 Å². The van der Waals surface area contributed by atoms with Crippen LogP contribution in [0.15, 0.2) is 42.5 Å². The summed E-state index contributed by atoms with van der Waals surface area (Å²) >= 11 is 0. The average molecular weight is 476 g/mol. The maximum absolute atomic E-state index is 11.4. The molecule has 0 aliphatic heterocycles. The zero-order chi connectivity index (χ0) is 24.6. The quantitative estimate of drug-likeness (QED) is 0.348. The van der Waals surface area contributed by atoms with Crippen molar-refractivity contribution in [3.8, 4) is 5.75 Å². The van der Waals surface area contributed by atoms with E-state index in [2.05, 4.69) is 31.2 Å². The van der Waals surface area contributed by atoms with E-state index in [9.17, 15) is 4.79 Å². The Bertz CT molecular complexity index is 1070. The summed E-state index contributed by atoms with van der Waals surface area (Å²) in [5, 5.41) is 0. The molecule has 1 atom stereocenters. The first kappa shape index (κ1) is 24.1. The predicted molar refractivity (Wildman–Crippen MR) is 138 cm³/mol. The molecular weight excluding hydrogens is 438 g/mol. The monoisotopic (exact) mass is 475 g/mol. The van der Waals surface area contributed by atoms with Gasteiger partial charge < -0.3 is 19.9 Å². The molecule has 0 saturated heterocycles. The molecule has 35 heavy (non-hydrogen) atoms. The summed E-state index contributed by atoms with van der Waals surface area (Å²) in [5.74, 6) is 3.09. The largest absolute Gasteiger partial charge is 0.467 e. The Balaban J connectivity index is 1.46. The first-order valence-electron chi connectivity index (χ1n) is 12.9. The molecule has 2 aromatic carbocycles. The van der Waals surface area contributed by atoms with Crippen molar-refractivity contribution < 1.29 is 19.0 Å². The maximum Gasteiger partial charge on any atom is 0.248 e. The highest BCUT2D eigenvalue weighted by Crippen LogP contribution is 2.62. The van der Waals surface area contributed by atoms with Crippen LogP contribution in [0.5, 0.6) is 5.75 Å². The number of nitrogens with two attached hydrogens (primary N) is 1. The lowest BCUT2D eigenvalue weighted by molar-refractivity contribution is -0.150. The van der Waals surface area contributed by atoms with Crippen molar-refractivity contribution in [3.63, 3.8) is 0 Å². The van der Waals surface area contributed by atoms with E-state index in [-0.39, 0.29) is 18.5 Å². The highest BCUT2D eigenvalue weighted by atomic mass is 16.7. The molecule has 1 amide bonds. The highest BCUT2D eigenvalue weighted by Gasteiger charge is 2.52. The smallest absolute Gasteiger partial charge is 0.248 e. The lowest BCUT2D eigenvalue weighted by atomic mass is 9.48. The van der Waals surface area contributed by atoms with Crippen LogP contribution in [0.4, 0.5) is 0 Å². The summed E-state index contributed by atoms with van der Waals surface area (Å²) in [4.78, 5) is 11.4. The molecule has 4 aliphatic carbocycles. The number of benzene rings is 2. The fourth-order valence-corrected chi connectivity index (χ4v) is 7.09. The zero-order valence-corrected chi connectivity index (χ0v) is 21.1. The van der Waals surface area contributed by atoms with Gasteiger partial charge in [-0.15, -0.1) is 0 Å². The summed E-state index contributed by atoms with van der Waals surface area (Å²) in [6, 6.07) is 14.1. The molecule has 6 rings (SSSR count). The van der Waals surface area contributed by atoms with Gasteiger partial charge in [-0.3, -0.25) is 4.79 Å². The Labute approximate surface area is 208 Å². The second-order valence-corrected chi connectivity index (χ2v) is 11.0. The van der Waals surface area contributed by atoms with Crippen molar-refractivity contribution in [1.82, 2.24) is 0 Å². The van der Waals surface area contributed by atoms with Gasteiger partial charge in [0.1, 0.15) is 5.75 Å². The molecule has 4 saturated carbocycles. The number of carbonyl (C=O) groups is 1. The standard InChI is InChI=1S/C30H37NO4/c1-19(10-21-4-6-25(7-5-21)29(31)32)26-8-9-28(35-18-34-20(2)33-3)27(14-26)30-15-22-11-23(16-30)13-24(12-22)17-30/h4-10,14,20,22-24H,11-13,15-18H2,1-3H3,(H2,31,32)/b19-10+. The third kappa shape index (κ3) is 5.03. The Morgan fingerprint density at radius 3 is 2.20 bits per heavy atom. The van der Waals surface area contributed by atoms with Gasteiger partial charge in [0.15, 0.2) is 13.1 Å². The van der Waals surface area contributed by atoms with Crippen molar-refractivity contribution in [3.05, 3.63) is 64.7 Å². The van der Waals surface area contributed by atoms with Crippen molar-refractivity contribution in [2.75, 3.05) is 13.9 Å². The summed E-state index contributed by atoms with van der Waals surface area (Å²) in [6.45, 7) is 4.19. The number of methoxy groups -OCH3 is 1. The van der Waals surface area contributed by atoms with Crippen molar-refractivity contribution >= 4 is 17.6 Å². The third-order valence-electron chi connectivity index (χ3n) is 8.47. The Morgan fingerprint density at radius 2 is 1.63 bits per heavy atom. The fourth-order valence-electron chi connectivity index (χ4n) is 7.09. The van der Waals surface area contributed by atoms with Gasteiger partial charge in [-0.05, 0) is 117 Å². The second kappa shape index (κ2) is 9.79. The minimum atomic E-state index is -0.406. The molecule has 4 bridgehead atoms. The second-order valence-electron chi connectivity index (χ2n) is 11.0. The van der Waals surface area contributed by atoms with E-state index in [1.807, 2.05) is 19.1 Å². The summed E-state index contributed by atoms with van der Waals surface area (Å²) in [6.07, 6.45) is 9.89. The van der Waals surface area contributed by atoms with Crippen LogP contribution < -0.4 is 10.5 Å². The van der Waals surface area contributed by atoms with Crippen LogP contribution >= 0.6 is 0 Å². The number of carbonyl (C=O) groups excluding carboxylic acids is 1. The molecule has 4 aliphatic rings.